The zero-order valence-corrected chi connectivity index (χ0v) is 14.4. The Morgan fingerprint density at radius 1 is 1.22 bits per heavy atom. The molecule has 2 aliphatic rings. The van der Waals surface area contributed by atoms with Crippen LogP contribution >= 0.6 is 0 Å². The Kier molecular flexibility index (Phi) is 3.72. The minimum atomic E-state index is -0.381. The third-order valence-corrected chi connectivity index (χ3v) is 6.54. The highest BCUT2D eigenvalue weighted by molar-refractivity contribution is 5.59. The molecule has 0 spiro atoms. The van der Waals surface area contributed by atoms with E-state index >= 15 is 0 Å². The Balaban J connectivity index is 1.70. The second kappa shape index (κ2) is 5.62. The second-order valence-corrected chi connectivity index (χ2v) is 8.14. The third-order valence-electron chi connectivity index (χ3n) is 6.54. The largest absolute Gasteiger partial charge is 0.388 e. The van der Waals surface area contributed by atoms with Gasteiger partial charge in [-0.25, -0.2) is 4.98 Å². The predicted molar refractivity (Wildman–Crippen MR) is 92.3 cm³/mol. The average Bonchev–Trinajstić information content (AvgIpc) is 3.18. The van der Waals surface area contributed by atoms with Gasteiger partial charge < -0.3 is 9.51 Å². The molecule has 3 heteroatoms. The lowest BCUT2D eigenvalue weighted by atomic mass is 9.82. The summed E-state index contributed by atoms with van der Waals surface area (Å²) in [5, 5.41) is 11.3. The fourth-order valence-corrected chi connectivity index (χ4v) is 4.57. The molecule has 0 bridgehead atoms. The van der Waals surface area contributed by atoms with Gasteiger partial charge in [-0.15, -0.1) is 0 Å². The second-order valence-electron chi connectivity index (χ2n) is 8.14. The molecule has 1 N–H and O–H groups in total. The van der Waals surface area contributed by atoms with Crippen molar-refractivity contribution in [2.24, 2.45) is 23.7 Å². The van der Waals surface area contributed by atoms with Crippen molar-refractivity contribution in [3.05, 3.63) is 35.9 Å². The molecule has 0 aliphatic heterocycles. The Bertz CT molecular complexity index is 693. The maximum Gasteiger partial charge on any atom is 0.0992 e. The Labute approximate surface area is 138 Å². The van der Waals surface area contributed by atoms with E-state index < -0.39 is 0 Å². The minimum absolute atomic E-state index is 0.306. The summed E-state index contributed by atoms with van der Waals surface area (Å²) in [5.41, 5.74) is 3.59. The molecule has 2 heterocycles. The van der Waals surface area contributed by atoms with Crippen LogP contribution in [0.1, 0.15) is 69.6 Å². The summed E-state index contributed by atoms with van der Waals surface area (Å²) in [6.07, 6.45) is 10.5. The van der Waals surface area contributed by atoms with Crippen LogP contribution in [0.2, 0.25) is 0 Å². The molecule has 23 heavy (non-hydrogen) atoms. The summed E-state index contributed by atoms with van der Waals surface area (Å²) in [6.45, 7) is 6.96. The van der Waals surface area contributed by atoms with Gasteiger partial charge in [0.2, 0.25) is 0 Å². The molecule has 0 saturated heterocycles. The number of pyridine rings is 1. The molecule has 0 radical (unpaired) electrons. The van der Waals surface area contributed by atoms with Crippen LogP contribution in [0.3, 0.4) is 0 Å². The molecule has 3 nitrogen and oxygen atoms in total. The van der Waals surface area contributed by atoms with Crippen LogP contribution in [-0.2, 0) is 0 Å². The molecule has 2 saturated carbocycles. The van der Waals surface area contributed by atoms with E-state index in [0.717, 1.165) is 22.9 Å². The first-order valence-corrected chi connectivity index (χ1v) is 9.18. The van der Waals surface area contributed by atoms with Crippen LogP contribution in [-0.4, -0.2) is 14.5 Å². The zero-order chi connectivity index (χ0) is 16.1. The molecular weight excluding hydrogens is 284 g/mol. The summed E-state index contributed by atoms with van der Waals surface area (Å²) >= 11 is 0. The van der Waals surface area contributed by atoms with E-state index in [9.17, 15) is 5.11 Å². The van der Waals surface area contributed by atoms with Crippen molar-refractivity contribution in [3.8, 4) is 0 Å². The lowest BCUT2D eigenvalue weighted by Gasteiger charge is -2.27. The van der Waals surface area contributed by atoms with Crippen molar-refractivity contribution in [3.63, 3.8) is 0 Å². The van der Waals surface area contributed by atoms with E-state index in [2.05, 4.69) is 42.4 Å². The maximum atomic E-state index is 11.3. The van der Waals surface area contributed by atoms with Crippen molar-refractivity contribution in [1.82, 2.24) is 9.38 Å². The Morgan fingerprint density at radius 2 is 1.91 bits per heavy atom. The van der Waals surface area contributed by atoms with E-state index in [1.54, 1.807) is 0 Å². The van der Waals surface area contributed by atoms with Gasteiger partial charge in [-0.2, -0.15) is 0 Å². The van der Waals surface area contributed by atoms with Crippen LogP contribution in [0.25, 0.3) is 5.52 Å². The molecule has 0 aromatic carbocycles. The highest BCUT2D eigenvalue weighted by atomic mass is 16.3. The van der Waals surface area contributed by atoms with E-state index in [1.165, 1.54) is 31.2 Å². The van der Waals surface area contributed by atoms with Crippen LogP contribution < -0.4 is 0 Å². The summed E-state index contributed by atoms with van der Waals surface area (Å²) in [5.74, 6) is 3.14. The van der Waals surface area contributed by atoms with Gasteiger partial charge in [-0.05, 0) is 66.9 Å². The first kappa shape index (κ1) is 15.2. The monoisotopic (exact) mass is 312 g/mol. The number of aliphatic hydroxyl groups is 1. The number of rotatable bonds is 4. The van der Waals surface area contributed by atoms with Crippen LogP contribution in [0.4, 0.5) is 0 Å². The molecule has 4 rings (SSSR count). The van der Waals surface area contributed by atoms with Crippen LogP contribution in [0.15, 0.2) is 24.8 Å². The van der Waals surface area contributed by atoms with E-state index in [1.807, 2.05) is 12.5 Å². The van der Waals surface area contributed by atoms with E-state index in [-0.39, 0.29) is 6.10 Å². The molecule has 2 aliphatic carbocycles. The number of imidazole rings is 1. The highest BCUT2D eigenvalue weighted by Crippen LogP contribution is 2.48. The zero-order valence-electron chi connectivity index (χ0n) is 14.4. The maximum absolute atomic E-state index is 11.3. The van der Waals surface area contributed by atoms with Gasteiger partial charge in [0.15, 0.2) is 0 Å². The number of aliphatic hydroxyl groups excluding tert-OH is 1. The predicted octanol–water partition coefficient (Wildman–Crippen LogP) is 4.56. The highest BCUT2D eigenvalue weighted by Gasteiger charge is 2.37. The van der Waals surface area contributed by atoms with Gasteiger partial charge in [0.25, 0.3) is 0 Å². The molecule has 4 unspecified atom stereocenters. The fraction of sp³-hybridized carbons (Fsp3) is 0.650. The lowest BCUT2D eigenvalue weighted by molar-refractivity contribution is 0.0823. The normalized spacial score (nSPS) is 30.7. The molecular formula is C20H28N2O. The summed E-state index contributed by atoms with van der Waals surface area (Å²) < 4.78 is 2.05. The van der Waals surface area contributed by atoms with Gasteiger partial charge in [0.1, 0.15) is 0 Å². The number of aromatic nitrogens is 2. The average molecular weight is 312 g/mol. The molecule has 2 fully saturated rings. The smallest absolute Gasteiger partial charge is 0.0992 e. The summed E-state index contributed by atoms with van der Waals surface area (Å²) in [7, 11) is 0. The number of fused-ring (bicyclic) bond motifs is 1. The van der Waals surface area contributed by atoms with Gasteiger partial charge in [0.05, 0.1) is 24.1 Å². The first-order chi connectivity index (χ1) is 11.1. The Morgan fingerprint density at radius 3 is 2.57 bits per heavy atom. The van der Waals surface area contributed by atoms with Crippen LogP contribution in [0.5, 0.6) is 0 Å². The number of hydrogen-bond acceptors (Lipinski definition) is 2. The molecule has 2 aromatic heterocycles. The van der Waals surface area contributed by atoms with Gasteiger partial charge in [-0.3, -0.25) is 0 Å². The summed E-state index contributed by atoms with van der Waals surface area (Å²) in [6, 6.07) is 2.21. The summed E-state index contributed by atoms with van der Waals surface area (Å²) in [4.78, 5) is 4.30. The molecule has 2 aromatic rings. The lowest BCUT2D eigenvalue weighted by Crippen LogP contribution is -2.19. The van der Waals surface area contributed by atoms with E-state index in [4.69, 9.17) is 0 Å². The number of hydrogen-bond donors (Lipinski definition) is 1. The van der Waals surface area contributed by atoms with E-state index in [0.29, 0.717) is 17.8 Å². The molecule has 124 valence electrons. The minimum Gasteiger partial charge on any atom is -0.388 e. The van der Waals surface area contributed by atoms with Crippen molar-refractivity contribution >= 4 is 5.52 Å². The van der Waals surface area contributed by atoms with Crippen molar-refractivity contribution in [1.29, 1.82) is 0 Å². The molecule has 5 atom stereocenters. The SMILES string of the molecule is CC(C1CC(C)[C@H](C)C1)C(O)c1c(C2CC2)ccn2cncc12. The van der Waals surface area contributed by atoms with Gasteiger partial charge >= 0.3 is 0 Å². The number of nitrogens with zero attached hydrogens (tertiary/aromatic N) is 2. The van der Waals surface area contributed by atoms with Crippen molar-refractivity contribution < 1.29 is 5.11 Å². The Hall–Kier alpha value is -1.35. The van der Waals surface area contributed by atoms with Gasteiger partial charge in [0, 0.05) is 11.8 Å². The fourth-order valence-electron chi connectivity index (χ4n) is 4.57. The van der Waals surface area contributed by atoms with Crippen LogP contribution in [0, 0.1) is 23.7 Å². The standard InChI is InChI=1S/C20H28N2O/c1-12-8-16(9-13(12)2)14(3)20(23)19-17(15-4-5-15)6-7-22-11-21-10-18(19)22/h6-7,10-16,20,23H,4-5,8-9H2,1-3H3/t12-,13?,14?,16?,20?/m1/s1. The topological polar surface area (TPSA) is 37.5 Å². The first-order valence-electron chi connectivity index (χ1n) is 9.18. The van der Waals surface area contributed by atoms with Gasteiger partial charge in [-0.1, -0.05) is 20.8 Å². The third kappa shape index (κ3) is 2.59. The van der Waals surface area contributed by atoms with Crippen molar-refractivity contribution in [2.75, 3.05) is 0 Å². The van der Waals surface area contributed by atoms with Crippen molar-refractivity contribution in [2.45, 2.75) is 58.5 Å². The quantitative estimate of drug-likeness (QED) is 0.898. The molecule has 0 amide bonds.